The summed E-state index contributed by atoms with van der Waals surface area (Å²) in [6, 6.07) is 17.8. The van der Waals surface area contributed by atoms with Crippen molar-refractivity contribution in [2.45, 2.75) is 32.5 Å². The second kappa shape index (κ2) is 13.5. The molecule has 11 heteroatoms. The molecule has 9 nitrogen and oxygen atoms in total. The highest BCUT2D eigenvalue weighted by Crippen LogP contribution is 2.49. The lowest BCUT2D eigenvalue weighted by Gasteiger charge is -2.34. The number of halogens is 1. The fourth-order valence-electron chi connectivity index (χ4n) is 6.54. The summed E-state index contributed by atoms with van der Waals surface area (Å²) in [4.78, 5) is 27.9. The minimum absolute atomic E-state index is 0.0932. The summed E-state index contributed by atoms with van der Waals surface area (Å²) in [5.74, 6) is 0.0918. The van der Waals surface area contributed by atoms with Crippen molar-refractivity contribution >= 4 is 27.5 Å². The maximum Gasteiger partial charge on any atom is 0.345 e. The third-order valence-corrected chi connectivity index (χ3v) is 10.1. The van der Waals surface area contributed by atoms with Crippen molar-refractivity contribution < 1.29 is 28.5 Å². The number of thiophene rings is 1. The smallest absolute Gasteiger partial charge is 0.345 e. The Bertz CT molecular complexity index is 1930. The van der Waals surface area contributed by atoms with Crippen LogP contribution in [0.5, 0.6) is 17.4 Å². The number of aryl methyl sites for hydroxylation is 2. The van der Waals surface area contributed by atoms with Crippen molar-refractivity contribution in [2.24, 2.45) is 0 Å². The summed E-state index contributed by atoms with van der Waals surface area (Å²) in [5, 5.41) is 10.9. The highest BCUT2D eigenvalue weighted by atomic mass is 32.1. The lowest BCUT2D eigenvalue weighted by molar-refractivity contribution is -0.145. The largest absolute Gasteiger partial charge is 0.490 e. The minimum Gasteiger partial charge on any atom is -0.490 e. The number of fused-ring (bicyclic) bond motifs is 7. The summed E-state index contributed by atoms with van der Waals surface area (Å²) in [6.45, 7) is 8.95. The molecule has 0 radical (unpaired) electrons. The normalized spacial score (nSPS) is 18.9. The first-order valence-electron chi connectivity index (χ1n) is 16.1. The molecule has 8 rings (SSSR count). The SMILES string of the molecule is Cc1cc2cc(C)c1-c1c(-c3ccc(F)cc3)sc3ncnc(c13)OC(C(=O)O)Cc1cccc(c1)OCC(CN1CCN(C)CC1)O2. The van der Waals surface area contributed by atoms with Crippen molar-refractivity contribution in [1.29, 1.82) is 0 Å². The van der Waals surface area contributed by atoms with Crippen LogP contribution in [-0.4, -0.2) is 89.4 Å². The van der Waals surface area contributed by atoms with Gasteiger partial charge < -0.3 is 24.2 Å². The highest BCUT2D eigenvalue weighted by Gasteiger charge is 2.29. The van der Waals surface area contributed by atoms with E-state index in [0.29, 0.717) is 29.1 Å². The number of rotatable bonds is 4. The van der Waals surface area contributed by atoms with Gasteiger partial charge in [0, 0.05) is 49.6 Å². The van der Waals surface area contributed by atoms with Gasteiger partial charge in [-0.05, 0) is 85.1 Å². The van der Waals surface area contributed by atoms with Gasteiger partial charge in [-0.1, -0.05) is 24.3 Å². The standard InChI is InChI=1S/C37H37FN4O5S/c1-22-15-28-16-23(2)31(22)32-33-35(39-21-40-36(33)48-34(32)25-7-9-26(38)10-8-25)47-30(37(43)44)18-24-5-4-6-27(17-24)45-20-29(46-28)19-42-13-11-41(3)12-14-42/h4-10,15-17,21,29-30H,11-14,18-20H2,1-3H3,(H,43,44). The molecule has 1 fully saturated rings. The number of likely N-dealkylation sites (N-methyl/N-ethyl adjacent to an activating group) is 1. The van der Waals surface area contributed by atoms with Crippen LogP contribution >= 0.6 is 11.3 Å². The Morgan fingerprint density at radius 1 is 0.958 bits per heavy atom. The van der Waals surface area contributed by atoms with Crippen molar-refractivity contribution in [3.63, 3.8) is 0 Å². The molecule has 48 heavy (non-hydrogen) atoms. The predicted molar refractivity (Wildman–Crippen MR) is 184 cm³/mol. The van der Waals surface area contributed by atoms with E-state index in [1.54, 1.807) is 12.1 Å². The van der Waals surface area contributed by atoms with Crippen LogP contribution in [0.25, 0.3) is 31.8 Å². The van der Waals surface area contributed by atoms with Gasteiger partial charge in [-0.3, -0.25) is 4.90 Å². The monoisotopic (exact) mass is 668 g/mol. The molecule has 0 saturated carbocycles. The molecule has 3 aliphatic heterocycles. The molecule has 3 aromatic carbocycles. The quantitative estimate of drug-likeness (QED) is 0.239. The topological polar surface area (TPSA) is 97.2 Å². The third kappa shape index (κ3) is 6.71. The van der Waals surface area contributed by atoms with Crippen LogP contribution in [-0.2, 0) is 11.2 Å². The van der Waals surface area contributed by atoms with E-state index in [1.807, 2.05) is 50.2 Å². The second-order valence-corrected chi connectivity index (χ2v) is 13.6. The van der Waals surface area contributed by atoms with Gasteiger partial charge in [-0.15, -0.1) is 11.3 Å². The van der Waals surface area contributed by atoms with Crippen LogP contribution in [0.15, 0.2) is 67.0 Å². The molecular formula is C37H37FN4O5S. The molecule has 2 unspecified atom stereocenters. The first-order chi connectivity index (χ1) is 23.2. The first-order valence-corrected chi connectivity index (χ1v) is 16.9. The van der Waals surface area contributed by atoms with Gasteiger partial charge in [0.15, 0.2) is 0 Å². The molecular weight excluding hydrogens is 631 g/mol. The number of nitrogens with zero attached hydrogens (tertiary/aromatic N) is 4. The number of carboxylic acid groups (broad SMARTS) is 1. The Labute approximate surface area is 282 Å². The van der Waals surface area contributed by atoms with Crippen LogP contribution in [0.3, 0.4) is 0 Å². The van der Waals surface area contributed by atoms with Crippen LogP contribution in [0.4, 0.5) is 4.39 Å². The molecule has 5 aromatic rings. The molecule has 5 heterocycles. The molecule has 0 aliphatic carbocycles. The van der Waals surface area contributed by atoms with E-state index in [-0.39, 0.29) is 24.2 Å². The summed E-state index contributed by atoms with van der Waals surface area (Å²) >= 11 is 1.44. The zero-order chi connectivity index (χ0) is 33.4. The summed E-state index contributed by atoms with van der Waals surface area (Å²) in [7, 11) is 2.14. The highest BCUT2D eigenvalue weighted by molar-refractivity contribution is 7.22. The maximum absolute atomic E-state index is 14.0. The number of hydrogen-bond acceptors (Lipinski definition) is 9. The van der Waals surface area contributed by atoms with Gasteiger partial charge in [-0.25, -0.2) is 19.2 Å². The molecule has 248 valence electrons. The Balaban J connectivity index is 1.39. The first kappa shape index (κ1) is 32.0. The summed E-state index contributed by atoms with van der Waals surface area (Å²) in [6.07, 6.45) is -0.00631. The molecule has 0 spiro atoms. The van der Waals surface area contributed by atoms with Gasteiger partial charge in [-0.2, -0.15) is 0 Å². The fourth-order valence-corrected chi connectivity index (χ4v) is 7.68. The van der Waals surface area contributed by atoms with E-state index in [9.17, 15) is 14.3 Å². The van der Waals surface area contributed by atoms with Crippen molar-refractivity contribution in [3.05, 3.63) is 89.5 Å². The van der Waals surface area contributed by atoms with Gasteiger partial charge in [0.1, 0.15) is 41.2 Å². The van der Waals surface area contributed by atoms with Crippen LogP contribution < -0.4 is 14.2 Å². The average Bonchev–Trinajstić information content (AvgIpc) is 3.44. The van der Waals surface area contributed by atoms with Crippen molar-refractivity contribution in [1.82, 2.24) is 19.8 Å². The molecule has 1 N–H and O–H groups in total. The molecule has 0 amide bonds. The van der Waals surface area contributed by atoms with Gasteiger partial charge >= 0.3 is 5.97 Å². The number of piperazine rings is 1. The Kier molecular flexibility index (Phi) is 9.00. The number of carbonyl (C=O) groups is 1. The lowest BCUT2D eigenvalue weighted by Crippen LogP contribution is -2.49. The van der Waals surface area contributed by atoms with Crippen LogP contribution in [0.2, 0.25) is 0 Å². The number of ether oxygens (including phenoxy) is 3. The summed E-state index contributed by atoms with van der Waals surface area (Å²) < 4.78 is 33.3. The van der Waals surface area contributed by atoms with E-state index >= 15 is 0 Å². The Hall–Kier alpha value is -4.58. The van der Waals surface area contributed by atoms with Crippen molar-refractivity contribution in [3.8, 4) is 38.9 Å². The van der Waals surface area contributed by atoms with E-state index in [2.05, 4.69) is 26.8 Å². The molecule has 3 aliphatic rings. The van der Waals surface area contributed by atoms with Gasteiger partial charge in [0.25, 0.3) is 0 Å². The lowest BCUT2D eigenvalue weighted by atomic mass is 9.92. The predicted octanol–water partition coefficient (Wildman–Crippen LogP) is 6.24. The summed E-state index contributed by atoms with van der Waals surface area (Å²) in [5.41, 5.74) is 5.21. The zero-order valence-electron chi connectivity index (χ0n) is 27.1. The number of carboxylic acids is 1. The number of hydrogen-bond donors (Lipinski definition) is 1. The fraction of sp³-hybridized carbons (Fsp3) is 0.324. The number of benzene rings is 3. The van der Waals surface area contributed by atoms with E-state index in [4.69, 9.17) is 14.2 Å². The van der Waals surface area contributed by atoms with Gasteiger partial charge in [0.05, 0.1) is 5.39 Å². The molecule has 2 atom stereocenters. The average molecular weight is 669 g/mol. The van der Waals surface area contributed by atoms with Gasteiger partial charge in [0.2, 0.25) is 12.0 Å². The van der Waals surface area contributed by atoms with Crippen molar-refractivity contribution in [2.75, 3.05) is 46.4 Å². The van der Waals surface area contributed by atoms with E-state index in [0.717, 1.165) is 70.2 Å². The number of aliphatic carboxylic acids is 1. The second-order valence-electron chi connectivity index (χ2n) is 12.6. The van der Waals surface area contributed by atoms with Crippen LogP contribution in [0.1, 0.15) is 16.7 Å². The third-order valence-electron chi connectivity index (χ3n) is 8.96. The minimum atomic E-state index is -1.23. The molecule has 1 saturated heterocycles. The zero-order valence-corrected chi connectivity index (χ0v) is 27.9. The molecule has 4 bridgehead atoms. The van der Waals surface area contributed by atoms with E-state index in [1.165, 1.54) is 29.8 Å². The maximum atomic E-state index is 14.0. The number of aromatic nitrogens is 2. The van der Waals surface area contributed by atoms with E-state index < -0.39 is 12.1 Å². The van der Waals surface area contributed by atoms with Crippen LogP contribution in [0, 0.1) is 19.7 Å². The Morgan fingerprint density at radius 2 is 1.71 bits per heavy atom. The molecule has 2 aromatic heterocycles. The Morgan fingerprint density at radius 3 is 2.44 bits per heavy atom.